The monoisotopic (exact) mass is 302 g/mol. The summed E-state index contributed by atoms with van der Waals surface area (Å²) in [6.07, 6.45) is 2.29. The Labute approximate surface area is 130 Å². The molecule has 2 heterocycles. The maximum Gasteiger partial charge on any atom is 0.107 e. The normalized spacial score (nSPS) is 17.8. The Kier molecular flexibility index (Phi) is 4.68. The number of ether oxygens (including phenoxy) is 1. The third kappa shape index (κ3) is 3.90. The van der Waals surface area contributed by atoms with Gasteiger partial charge in [0.15, 0.2) is 0 Å². The summed E-state index contributed by atoms with van der Waals surface area (Å²) in [7, 11) is 0. The van der Waals surface area contributed by atoms with Gasteiger partial charge in [0, 0.05) is 37.2 Å². The summed E-state index contributed by atoms with van der Waals surface area (Å²) in [5, 5.41) is 6.87. The average molecular weight is 302 g/mol. The second kappa shape index (κ2) is 6.69. The van der Waals surface area contributed by atoms with Gasteiger partial charge in [-0.25, -0.2) is 4.98 Å². The first-order valence-corrected chi connectivity index (χ1v) is 8.41. The molecule has 0 amide bonds. The smallest absolute Gasteiger partial charge is 0.107 e. The van der Waals surface area contributed by atoms with Crippen molar-refractivity contribution in [2.75, 3.05) is 19.8 Å². The van der Waals surface area contributed by atoms with Gasteiger partial charge in [0.05, 0.1) is 5.69 Å². The number of hydrogen-bond donors (Lipinski definition) is 1. The number of hydrogen-bond acceptors (Lipinski definition) is 4. The highest BCUT2D eigenvalue weighted by Crippen LogP contribution is 2.29. The predicted octanol–water partition coefficient (Wildman–Crippen LogP) is 3.72. The summed E-state index contributed by atoms with van der Waals surface area (Å²) in [6.45, 7) is 6.03. The molecule has 2 aromatic rings. The second-order valence-electron chi connectivity index (χ2n) is 6.02. The van der Waals surface area contributed by atoms with E-state index < -0.39 is 0 Å². The number of nitrogens with zero attached hydrogens (tertiary/aromatic N) is 1. The fourth-order valence-corrected chi connectivity index (χ4v) is 3.42. The Morgan fingerprint density at radius 2 is 2.00 bits per heavy atom. The molecule has 1 saturated heterocycles. The van der Waals surface area contributed by atoms with Crippen LogP contribution in [-0.2, 0) is 11.3 Å². The molecule has 0 unspecified atom stereocenters. The van der Waals surface area contributed by atoms with Crippen molar-refractivity contribution in [3.05, 3.63) is 40.7 Å². The molecule has 112 valence electrons. The molecule has 0 spiro atoms. The highest BCUT2D eigenvalue weighted by molar-refractivity contribution is 7.09. The largest absolute Gasteiger partial charge is 0.381 e. The van der Waals surface area contributed by atoms with Gasteiger partial charge in [-0.15, -0.1) is 11.3 Å². The van der Waals surface area contributed by atoms with Crippen molar-refractivity contribution in [1.29, 1.82) is 0 Å². The summed E-state index contributed by atoms with van der Waals surface area (Å²) >= 11 is 1.73. The SMILES string of the molecule is CC1(CNCc2nc(-c3ccccc3)cs2)CCOCC1. The summed E-state index contributed by atoms with van der Waals surface area (Å²) in [5.74, 6) is 0. The van der Waals surface area contributed by atoms with E-state index in [9.17, 15) is 0 Å². The van der Waals surface area contributed by atoms with Crippen LogP contribution < -0.4 is 5.32 Å². The fraction of sp³-hybridized carbons (Fsp3) is 0.471. The first-order valence-electron chi connectivity index (χ1n) is 7.54. The van der Waals surface area contributed by atoms with Crippen LogP contribution in [0.2, 0.25) is 0 Å². The van der Waals surface area contributed by atoms with Crippen LogP contribution in [0.15, 0.2) is 35.7 Å². The van der Waals surface area contributed by atoms with Gasteiger partial charge < -0.3 is 10.1 Å². The minimum atomic E-state index is 0.373. The minimum Gasteiger partial charge on any atom is -0.381 e. The predicted molar refractivity (Wildman–Crippen MR) is 87.4 cm³/mol. The van der Waals surface area contributed by atoms with Crippen LogP contribution in [0.3, 0.4) is 0 Å². The Balaban J connectivity index is 1.53. The van der Waals surface area contributed by atoms with Crippen molar-refractivity contribution in [3.8, 4) is 11.3 Å². The molecule has 1 aromatic carbocycles. The Morgan fingerprint density at radius 1 is 1.24 bits per heavy atom. The van der Waals surface area contributed by atoms with Crippen molar-refractivity contribution in [2.45, 2.75) is 26.3 Å². The van der Waals surface area contributed by atoms with Crippen LogP contribution in [0.25, 0.3) is 11.3 Å². The molecule has 0 aliphatic carbocycles. The Morgan fingerprint density at radius 3 is 2.76 bits per heavy atom. The van der Waals surface area contributed by atoms with Crippen molar-refractivity contribution in [1.82, 2.24) is 10.3 Å². The number of rotatable bonds is 5. The highest BCUT2D eigenvalue weighted by atomic mass is 32.1. The lowest BCUT2D eigenvalue weighted by atomic mass is 9.82. The molecule has 1 fully saturated rings. The molecule has 4 heteroatoms. The summed E-state index contributed by atoms with van der Waals surface area (Å²) in [4.78, 5) is 4.72. The summed E-state index contributed by atoms with van der Waals surface area (Å²) in [5.41, 5.74) is 2.64. The van der Waals surface area contributed by atoms with Crippen LogP contribution in [0, 0.1) is 5.41 Å². The van der Waals surface area contributed by atoms with Gasteiger partial charge in [-0.3, -0.25) is 0 Å². The molecule has 3 nitrogen and oxygen atoms in total. The number of benzene rings is 1. The van der Waals surface area contributed by atoms with E-state index in [0.717, 1.165) is 49.8 Å². The number of aromatic nitrogens is 1. The molecular weight excluding hydrogens is 280 g/mol. The number of nitrogens with one attached hydrogen (secondary N) is 1. The van der Waals surface area contributed by atoms with Crippen LogP contribution >= 0.6 is 11.3 Å². The molecule has 0 saturated carbocycles. The van der Waals surface area contributed by atoms with Gasteiger partial charge in [0.2, 0.25) is 0 Å². The summed E-state index contributed by atoms with van der Waals surface area (Å²) < 4.78 is 5.44. The lowest BCUT2D eigenvalue weighted by Gasteiger charge is -2.33. The lowest BCUT2D eigenvalue weighted by Crippen LogP contribution is -2.36. The quantitative estimate of drug-likeness (QED) is 0.914. The van der Waals surface area contributed by atoms with E-state index in [1.54, 1.807) is 11.3 Å². The van der Waals surface area contributed by atoms with Crippen molar-refractivity contribution < 1.29 is 4.74 Å². The zero-order valence-electron chi connectivity index (χ0n) is 12.5. The maximum atomic E-state index is 5.44. The van der Waals surface area contributed by atoms with Crippen LogP contribution in [0.5, 0.6) is 0 Å². The van der Waals surface area contributed by atoms with Gasteiger partial charge in [0.1, 0.15) is 5.01 Å². The van der Waals surface area contributed by atoms with E-state index >= 15 is 0 Å². The van der Waals surface area contributed by atoms with Gasteiger partial charge in [-0.1, -0.05) is 37.3 Å². The van der Waals surface area contributed by atoms with Crippen molar-refractivity contribution in [3.63, 3.8) is 0 Å². The molecule has 1 aliphatic rings. The first-order chi connectivity index (χ1) is 10.3. The lowest BCUT2D eigenvalue weighted by molar-refractivity contribution is 0.0240. The average Bonchev–Trinajstić information content (AvgIpc) is 2.98. The van der Waals surface area contributed by atoms with E-state index in [0.29, 0.717) is 5.41 Å². The molecule has 0 bridgehead atoms. The molecule has 3 rings (SSSR count). The maximum absolute atomic E-state index is 5.44. The van der Waals surface area contributed by atoms with Crippen molar-refractivity contribution in [2.24, 2.45) is 5.41 Å². The van der Waals surface area contributed by atoms with Gasteiger partial charge in [0.25, 0.3) is 0 Å². The van der Waals surface area contributed by atoms with Crippen molar-refractivity contribution >= 4 is 11.3 Å². The Bertz CT molecular complexity index is 561. The van der Waals surface area contributed by atoms with E-state index in [1.165, 1.54) is 5.56 Å². The van der Waals surface area contributed by atoms with E-state index in [4.69, 9.17) is 9.72 Å². The fourth-order valence-electron chi connectivity index (χ4n) is 2.65. The van der Waals surface area contributed by atoms with Gasteiger partial charge in [-0.2, -0.15) is 0 Å². The van der Waals surface area contributed by atoms with E-state index in [1.807, 2.05) is 6.07 Å². The molecule has 0 radical (unpaired) electrons. The van der Waals surface area contributed by atoms with E-state index in [2.05, 4.69) is 41.9 Å². The van der Waals surface area contributed by atoms with E-state index in [-0.39, 0.29) is 0 Å². The van der Waals surface area contributed by atoms with Gasteiger partial charge in [-0.05, 0) is 18.3 Å². The molecule has 0 atom stereocenters. The molecule has 21 heavy (non-hydrogen) atoms. The third-order valence-corrected chi connectivity index (χ3v) is 5.00. The van der Waals surface area contributed by atoms with Gasteiger partial charge >= 0.3 is 0 Å². The zero-order chi connectivity index (χ0) is 14.5. The Hall–Kier alpha value is -1.23. The standard InChI is InChI=1S/C17H22N2OS/c1-17(7-9-20-10-8-17)13-18-11-16-19-15(12-21-16)14-5-3-2-4-6-14/h2-6,12,18H,7-11,13H2,1H3. The number of thiazole rings is 1. The molecular formula is C17H22N2OS. The summed E-state index contributed by atoms with van der Waals surface area (Å²) in [6, 6.07) is 10.4. The topological polar surface area (TPSA) is 34.2 Å². The highest BCUT2D eigenvalue weighted by Gasteiger charge is 2.26. The minimum absolute atomic E-state index is 0.373. The first kappa shape index (κ1) is 14.7. The second-order valence-corrected chi connectivity index (χ2v) is 6.96. The zero-order valence-corrected chi connectivity index (χ0v) is 13.3. The van der Waals surface area contributed by atoms with Crippen LogP contribution in [0.1, 0.15) is 24.8 Å². The molecule has 1 aromatic heterocycles. The van der Waals surface area contributed by atoms with Crippen LogP contribution in [0.4, 0.5) is 0 Å². The molecule has 1 aliphatic heterocycles. The van der Waals surface area contributed by atoms with Crippen LogP contribution in [-0.4, -0.2) is 24.7 Å². The third-order valence-electron chi connectivity index (χ3n) is 4.15. The molecule has 1 N–H and O–H groups in total.